The van der Waals surface area contributed by atoms with Crippen LogP contribution in [-0.2, 0) is 15.6 Å². The van der Waals surface area contributed by atoms with Crippen molar-refractivity contribution in [2.75, 3.05) is 5.32 Å². The van der Waals surface area contributed by atoms with E-state index < -0.39 is 0 Å². The van der Waals surface area contributed by atoms with Crippen LogP contribution in [0.5, 0.6) is 5.75 Å². The van der Waals surface area contributed by atoms with Crippen LogP contribution in [0.3, 0.4) is 0 Å². The molecule has 25 heavy (non-hydrogen) atoms. The van der Waals surface area contributed by atoms with Crippen LogP contribution in [0, 0.1) is 5.41 Å². The fraction of sp³-hybridized carbons (Fsp3) is 0.591. The lowest BCUT2D eigenvalue weighted by atomic mass is 9.78. The van der Waals surface area contributed by atoms with Crippen LogP contribution in [0.2, 0.25) is 0 Å². The highest BCUT2D eigenvalue weighted by Crippen LogP contribution is 2.42. The first-order chi connectivity index (χ1) is 11.2. The van der Waals surface area contributed by atoms with Crippen molar-refractivity contribution in [3.63, 3.8) is 0 Å². The second kappa shape index (κ2) is 6.19. The first kappa shape index (κ1) is 19.6. The Hall–Kier alpha value is -1.77. The van der Waals surface area contributed by atoms with Crippen LogP contribution < -0.4 is 5.32 Å². The standard InChI is InChI=1S/C22H33NO2/c1-20(2,3)14-9-17(21(4,5)6)19(25)18(10-14)23-15-11-16(24)13-22(7,8)12-15/h9-11,23,25H,12-13H2,1-8H3. The maximum atomic E-state index is 12.0. The van der Waals surface area contributed by atoms with Crippen molar-refractivity contribution in [2.45, 2.75) is 79.1 Å². The van der Waals surface area contributed by atoms with E-state index in [2.05, 4.69) is 66.8 Å². The quantitative estimate of drug-likeness (QED) is 0.680. The Bertz CT molecular complexity index is 713. The van der Waals surface area contributed by atoms with Gasteiger partial charge in [-0.25, -0.2) is 0 Å². The molecular formula is C22H33NO2. The van der Waals surface area contributed by atoms with E-state index in [0.29, 0.717) is 12.1 Å². The minimum absolute atomic E-state index is 0.0276. The summed E-state index contributed by atoms with van der Waals surface area (Å²) in [5.41, 5.74) is 3.40. The summed E-state index contributed by atoms with van der Waals surface area (Å²) in [6.07, 6.45) is 3.05. The molecule has 0 aromatic heterocycles. The summed E-state index contributed by atoms with van der Waals surface area (Å²) in [6.45, 7) is 17.0. The molecule has 0 unspecified atom stereocenters. The van der Waals surface area contributed by atoms with Gasteiger partial charge in [0.05, 0.1) is 5.69 Å². The third kappa shape index (κ3) is 4.65. The molecule has 0 radical (unpaired) electrons. The number of benzene rings is 1. The van der Waals surface area contributed by atoms with Crippen LogP contribution in [0.25, 0.3) is 0 Å². The lowest BCUT2D eigenvalue weighted by Crippen LogP contribution is -2.25. The molecule has 0 saturated carbocycles. The highest BCUT2D eigenvalue weighted by Gasteiger charge is 2.29. The number of nitrogens with one attached hydrogen (secondary N) is 1. The van der Waals surface area contributed by atoms with Crippen LogP contribution in [0.15, 0.2) is 23.9 Å². The van der Waals surface area contributed by atoms with Crippen molar-refractivity contribution in [1.29, 1.82) is 0 Å². The molecule has 0 fully saturated rings. The fourth-order valence-corrected chi connectivity index (χ4v) is 3.33. The second-order valence-corrected chi connectivity index (χ2v) is 10.2. The average molecular weight is 344 g/mol. The van der Waals surface area contributed by atoms with E-state index in [0.717, 1.165) is 17.7 Å². The Morgan fingerprint density at radius 2 is 1.60 bits per heavy atom. The lowest BCUT2D eigenvalue weighted by Gasteiger charge is -2.31. The number of ketones is 1. The molecule has 1 aliphatic rings. The molecule has 3 heteroatoms. The number of aromatic hydroxyl groups is 1. The third-order valence-electron chi connectivity index (χ3n) is 4.74. The van der Waals surface area contributed by atoms with Crippen molar-refractivity contribution >= 4 is 11.5 Å². The maximum absolute atomic E-state index is 12.0. The van der Waals surface area contributed by atoms with Gasteiger partial charge < -0.3 is 10.4 Å². The molecule has 0 heterocycles. The fourth-order valence-electron chi connectivity index (χ4n) is 3.33. The minimum Gasteiger partial charge on any atom is -0.505 e. The van der Waals surface area contributed by atoms with E-state index in [9.17, 15) is 9.90 Å². The monoisotopic (exact) mass is 343 g/mol. The number of hydrogen-bond donors (Lipinski definition) is 2. The van der Waals surface area contributed by atoms with Gasteiger partial charge in [0.2, 0.25) is 0 Å². The normalized spacial score (nSPS) is 18.1. The summed E-state index contributed by atoms with van der Waals surface area (Å²) in [5, 5.41) is 14.2. The highest BCUT2D eigenvalue weighted by atomic mass is 16.3. The number of carbonyl (C=O) groups is 1. The smallest absolute Gasteiger partial charge is 0.157 e. The molecule has 1 aliphatic carbocycles. The molecule has 0 bridgehead atoms. The van der Waals surface area contributed by atoms with Gasteiger partial charge in [0.25, 0.3) is 0 Å². The summed E-state index contributed by atoms with van der Waals surface area (Å²) in [7, 11) is 0. The molecule has 1 aromatic rings. The average Bonchev–Trinajstić information content (AvgIpc) is 2.35. The van der Waals surface area contributed by atoms with Gasteiger partial charge in [0.15, 0.2) is 5.78 Å². The van der Waals surface area contributed by atoms with Crippen molar-refractivity contribution in [3.8, 4) is 5.75 Å². The zero-order valence-corrected chi connectivity index (χ0v) is 17.0. The van der Waals surface area contributed by atoms with Crippen molar-refractivity contribution < 1.29 is 9.90 Å². The molecule has 0 amide bonds. The summed E-state index contributed by atoms with van der Waals surface area (Å²) >= 11 is 0. The largest absolute Gasteiger partial charge is 0.505 e. The first-order valence-corrected chi connectivity index (χ1v) is 9.07. The lowest BCUT2D eigenvalue weighted by molar-refractivity contribution is -0.117. The number of phenolic OH excluding ortho intramolecular Hbond substituents is 1. The number of hydrogen-bond acceptors (Lipinski definition) is 3. The topological polar surface area (TPSA) is 49.3 Å². The van der Waals surface area contributed by atoms with Gasteiger partial charge in [-0.05, 0) is 34.3 Å². The Morgan fingerprint density at radius 3 is 2.08 bits per heavy atom. The Kier molecular flexibility index (Phi) is 4.84. The number of carbonyl (C=O) groups excluding carboxylic acids is 1. The summed E-state index contributed by atoms with van der Waals surface area (Å²) in [6, 6.07) is 4.11. The van der Waals surface area contributed by atoms with Gasteiger partial charge in [-0.2, -0.15) is 0 Å². The Morgan fingerprint density at radius 1 is 1.00 bits per heavy atom. The van der Waals surface area contributed by atoms with Gasteiger partial charge in [0.1, 0.15) is 5.75 Å². The number of allylic oxidation sites excluding steroid dienone is 2. The number of phenols is 1. The van der Waals surface area contributed by atoms with Crippen molar-refractivity contribution in [3.05, 3.63) is 35.0 Å². The van der Waals surface area contributed by atoms with Crippen LogP contribution in [0.1, 0.15) is 79.4 Å². The van der Waals surface area contributed by atoms with E-state index in [1.54, 1.807) is 6.08 Å². The molecule has 3 nitrogen and oxygen atoms in total. The summed E-state index contributed by atoms with van der Waals surface area (Å²) in [5.74, 6) is 0.415. The van der Waals surface area contributed by atoms with E-state index in [1.807, 2.05) is 6.07 Å². The molecule has 0 saturated heterocycles. The van der Waals surface area contributed by atoms with Gasteiger partial charge in [0, 0.05) is 23.8 Å². The van der Waals surface area contributed by atoms with E-state index in [-0.39, 0.29) is 27.8 Å². The molecule has 138 valence electrons. The van der Waals surface area contributed by atoms with E-state index in [4.69, 9.17) is 0 Å². The maximum Gasteiger partial charge on any atom is 0.157 e. The SMILES string of the molecule is CC1(C)CC(=O)C=C(Nc2cc(C(C)(C)C)cc(C(C)(C)C)c2O)C1. The molecular weight excluding hydrogens is 310 g/mol. The second-order valence-electron chi connectivity index (χ2n) is 10.2. The van der Waals surface area contributed by atoms with E-state index in [1.165, 1.54) is 5.56 Å². The van der Waals surface area contributed by atoms with Crippen LogP contribution in [0.4, 0.5) is 5.69 Å². The minimum atomic E-state index is -0.169. The number of rotatable bonds is 2. The van der Waals surface area contributed by atoms with Gasteiger partial charge >= 0.3 is 0 Å². The number of anilines is 1. The molecule has 0 spiro atoms. The van der Waals surface area contributed by atoms with Gasteiger partial charge in [-0.3, -0.25) is 4.79 Å². The van der Waals surface area contributed by atoms with Crippen LogP contribution in [-0.4, -0.2) is 10.9 Å². The molecule has 2 N–H and O–H groups in total. The van der Waals surface area contributed by atoms with Crippen molar-refractivity contribution in [2.24, 2.45) is 5.41 Å². The predicted molar refractivity (Wildman–Crippen MR) is 105 cm³/mol. The van der Waals surface area contributed by atoms with Gasteiger partial charge in [-0.15, -0.1) is 0 Å². The third-order valence-corrected chi connectivity index (χ3v) is 4.74. The van der Waals surface area contributed by atoms with Crippen LogP contribution >= 0.6 is 0 Å². The first-order valence-electron chi connectivity index (χ1n) is 9.07. The molecule has 0 atom stereocenters. The summed E-state index contributed by atoms with van der Waals surface area (Å²) < 4.78 is 0. The zero-order valence-electron chi connectivity index (χ0n) is 17.0. The predicted octanol–water partition coefficient (Wildman–Crippen LogP) is 5.67. The molecule has 0 aliphatic heterocycles. The highest BCUT2D eigenvalue weighted by molar-refractivity contribution is 5.92. The Balaban J connectivity index is 2.52. The Labute approximate surface area is 152 Å². The van der Waals surface area contributed by atoms with E-state index >= 15 is 0 Å². The van der Waals surface area contributed by atoms with Gasteiger partial charge in [-0.1, -0.05) is 61.5 Å². The molecule has 1 aromatic carbocycles. The van der Waals surface area contributed by atoms with Crippen molar-refractivity contribution in [1.82, 2.24) is 0 Å². The zero-order chi connectivity index (χ0) is 19.2. The summed E-state index contributed by atoms with van der Waals surface area (Å²) in [4.78, 5) is 12.0. The molecule has 2 rings (SSSR count).